The van der Waals surface area contributed by atoms with Gasteiger partial charge in [0.05, 0.1) is 14.1 Å². The Balaban J connectivity index is 3.19. The Morgan fingerprint density at radius 2 is 1.80 bits per heavy atom. The van der Waals surface area contributed by atoms with Crippen LogP contribution in [0.2, 0.25) is 24.7 Å². The molecule has 0 heterocycles. The van der Waals surface area contributed by atoms with Crippen molar-refractivity contribution in [2.75, 3.05) is 0 Å². The van der Waals surface area contributed by atoms with Crippen LogP contribution < -0.4 is 0 Å². The summed E-state index contributed by atoms with van der Waals surface area (Å²) in [7, 11) is -1.47. The van der Waals surface area contributed by atoms with Crippen LogP contribution in [0.25, 0.3) is 5.20 Å². The quantitative estimate of drug-likeness (QED) is 0.559. The van der Waals surface area contributed by atoms with Crippen molar-refractivity contribution in [2.24, 2.45) is 0 Å². The lowest BCUT2D eigenvalue weighted by Gasteiger charge is -2.20. The van der Waals surface area contributed by atoms with E-state index in [9.17, 15) is 0 Å². The molecule has 0 amide bonds. The number of nitrogens with zero attached hydrogens (tertiary/aromatic N) is 1. The Morgan fingerprint density at radius 3 is 2.20 bits per heavy atom. The van der Waals surface area contributed by atoms with E-state index in [1.807, 2.05) is 24.3 Å². The van der Waals surface area contributed by atoms with E-state index in [1.165, 1.54) is 5.20 Å². The van der Waals surface area contributed by atoms with Gasteiger partial charge in [-0.25, -0.2) is 0 Å². The van der Waals surface area contributed by atoms with Crippen LogP contribution in [0.1, 0.15) is 5.56 Å². The van der Waals surface area contributed by atoms with Gasteiger partial charge in [-0.15, -0.1) is 0 Å². The summed E-state index contributed by atoms with van der Waals surface area (Å²) in [4.78, 5) is 0. The molecule has 0 spiro atoms. The third-order valence-electron chi connectivity index (χ3n) is 2.17. The summed E-state index contributed by atoms with van der Waals surface area (Å²) in [5.74, 6) is 0. The van der Waals surface area contributed by atoms with Gasteiger partial charge in [0.25, 0.3) is 0 Å². The maximum atomic E-state index is 8.79. The SMILES string of the molecule is C[Si](C)(C)/C(=C/C#N)c1ccc(Cl)cc1. The van der Waals surface area contributed by atoms with Gasteiger partial charge in [0.15, 0.2) is 0 Å². The molecule has 0 saturated heterocycles. The predicted molar refractivity (Wildman–Crippen MR) is 68.4 cm³/mol. The first-order chi connectivity index (χ1) is 6.95. The van der Waals surface area contributed by atoms with Crippen LogP contribution in [0.4, 0.5) is 0 Å². The zero-order valence-corrected chi connectivity index (χ0v) is 11.0. The maximum Gasteiger partial charge on any atom is 0.0911 e. The molecular weight excluding hydrogens is 222 g/mol. The topological polar surface area (TPSA) is 23.8 Å². The van der Waals surface area contributed by atoms with Gasteiger partial charge in [-0.1, -0.05) is 43.4 Å². The maximum absolute atomic E-state index is 8.79. The van der Waals surface area contributed by atoms with Crippen LogP contribution in [-0.2, 0) is 0 Å². The van der Waals surface area contributed by atoms with Gasteiger partial charge in [0, 0.05) is 11.1 Å². The zero-order valence-electron chi connectivity index (χ0n) is 9.21. The minimum atomic E-state index is -1.47. The minimum absolute atomic E-state index is 0.727. The highest BCUT2D eigenvalue weighted by molar-refractivity contribution is 6.93. The Bertz CT molecular complexity index is 407. The Kier molecular flexibility index (Phi) is 3.73. The molecule has 0 radical (unpaired) electrons. The second-order valence-corrected chi connectivity index (χ2v) is 9.92. The Labute approximate surface area is 97.0 Å². The molecule has 0 unspecified atom stereocenters. The second kappa shape index (κ2) is 4.65. The predicted octanol–water partition coefficient (Wildman–Crippen LogP) is 4.12. The molecule has 0 aliphatic carbocycles. The number of benzene rings is 1. The standard InChI is InChI=1S/C12H14ClNSi/c1-15(2,3)12(8-9-14)10-4-6-11(13)7-5-10/h4-8H,1-3H3/b12-8+. The largest absolute Gasteiger partial charge is 0.193 e. The van der Waals surface area contributed by atoms with Crippen LogP contribution in [0.5, 0.6) is 0 Å². The molecule has 0 aliphatic heterocycles. The molecule has 0 atom stereocenters. The van der Waals surface area contributed by atoms with Crippen LogP contribution in [0, 0.1) is 11.3 Å². The summed E-state index contributed by atoms with van der Waals surface area (Å²) in [6, 6.07) is 9.81. The monoisotopic (exact) mass is 235 g/mol. The molecule has 1 aromatic rings. The molecule has 15 heavy (non-hydrogen) atoms. The number of hydrogen-bond donors (Lipinski definition) is 0. The summed E-state index contributed by atoms with van der Waals surface area (Å²) < 4.78 is 0. The van der Waals surface area contributed by atoms with Crippen LogP contribution in [0.15, 0.2) is 30.3 Å². The van der Waals surface area contributed by atoms with Crippen molar-refractivity contribution in [1.82, 2.24) is 0 Å². The number of hydrogen-bond acceptors (Lipinski definition) is 1. The highest BCUT2D eigenvalue weighted by Crippen LogP contribution is 2.26. The molecule has 78 valence electrons. The Morgan fingerprint density at radius 1 is 1.27 bits per heavy atom. The normalized spacial score (nSPS) is 12.3. The van der Waals surface area contributed by atoms with Gasteiger partial charge in [0.2, 0.25) is 0 Å². The van der Waals surface area contributed by atoms with Crippen LogP contribution in [-0.4, -0.2) is 8.07 Å². The van der Waals surface area contributed by atoms with Crippen LogP contribution in [0.3, 0.4) is 0 Å². The van der Waals surface area contributed by atoms with Gasteiger partial charge in [-0.3, -0.25) is 0 Å². The summed E-state index contributed by atoms with van der Waals surface area (Å²) >= 11 is 5.83. The number of allylic oxidation sites excluding steroid dienone is 1. The Hall–Kier alpha value is -1.04. The first kappa shape index (κ1) is 12.0. The van der Waals surface area contributed by atoms with Crippen molar-refractivity contribution < 1.29 is 0 Å². The molecule has 0 bridgehead atoms. The molecule has 0 aromatic heterocycles. The van der Waals surface area contributed by atoms with Gasteiger partial charge < -0.3 is 0 Å². The molecule has 1 rings (SSSR count). The zero-order chi connectivity index (χ0) is 11.5. The lowest BCUT2D eigenvalue weighted by molar-refractivity contribution is 1.53. The van der Waals surface area contributed by atoms with E-state index in [0.29, 0.717) is 0 Å². The van der Waals surface area contributed by atoms with E-state index >= 15 is 0 Å². The van der Waals surface area contributed by atoms with Crippen molar-refractivity contribution in [1.29, 1.82) is 5.26 Å². The molecule has 0 N–H and O–H groups in total. The van der Waals surface area contributed by atoms with E-state index in [-0.39, 0.29) is 0 Å². The summed E-state index contributed by atoms with van der Waals surface area (Å²) in [5.41, 5.74) is 1.11. The van der Waals surface area contributed by atoms with Crippen molar-refractivity contribution in [3.8, 4) is 6.07 Å². The fraction of sp³-hybridized carbons (Fsp3) is 0.250. The van der Waals surface area contributed by atoms with E-state index in [1.54, 1.807) is 6.08 Å². The first-order valence-corrected chi connectivity index (χ1v) is 8.69. The van der Waals surface area contributed by atoms with Crippen molar-refractivity contribution in [2.45, 2.75) is 19.6 Å². The van der Waals surface area contributed by atoms with E-state index in [0.717, 1.165) is 10.6 Å². The molecule has 0 saturated carbocycles. The average molecular weight is 236 g/mol. The lowest BCUT2D eigenvalue weighted by atomic mass is 10.2. The fourth-order valence-corrected chi connectivity index (χ4v) is 3.08. The molecule has 1 aromatic carbocycles. The van der Waals surface area contributed by atoms with Crippen LogP contribution >= 0.6 is 11.6 Å². The fourth-order valence-electron chi connectivity index (χ4n) is 1.43. The van der Waals surface area contributed by atoms with Crippen molar-refractivity contribution >= 4 is 24.9 Å². The van der Waals surface area contributed by atoms with Gasteiger partial charge in [-0.05, 0) is 22.9 Å². The summed E-state index contributed by atoms with van der Waals surface area (Å²) in [6.07, 6.45) is 1.66. The van der Waals surface area contributed by atoms with Gasteiger partial charge in [-0.2, -0.15) is 5.26 Å². The average Bonchev–Trinajstić information content (AvgIpc) is 2.14. The highest BCUT2D eigenvalue weighted by atomic mass is 35.5. The van der Waals surface area contributed by atoms with E-state index in [4.69, 9.17) is 16.9 Å². The van der Waals surface area contributed by atoms with E-state index in [2.05, 4.69) is 25.7 Å². The first-order valence-electron chi connectivity index (χ1n) is 4.81. The molecular formula is C12H14ClNSi. The molecule has 0 fully saturated rings. The number of rotatable bonds is 2. The molecule has 3 heteroatoms. The van der Waals surface area contributed by atoms with E-state index < -0.39 is 8.07 Å². The minimum Gasteiger partial charge on any atom is -0.193 e. The number of halogens is 1. The van der Waals surface area contributed by atoms with Gasteiger partial charge >= 0.3 is 0 Å². The van der Waals surface area contributed by atoms with Crippen molar-refractivity contribution in [3.63, 3.8) is 0 Å². The highest BCUT2D eigenvalue weighted by Gasteiger charge is 2.20. The second-order valence-electron chi connectivity index (χ2n) is 4.44. The molecule has 1 nitrogen and oxygen atoms in total. The number of nitriles is 1. The third-order valence-corrected chi connectivity index (χ3v) is 4.47. The van der Waals surface area contributed by atoms with Crippen molar-refractivity contribution in [3.05, 3.63) is 40.9 Å². The lowest BCUT2D eigenvalue weighted by Crippen LogP contribution is -2.22. The summed E-state index contributed by atoms with van der Waals surface area (Å²) in [6.45, 7) is 6.68. The van der Waals surface area contributed by atoms with Gasteiger partial charge in [0.1, 0.15) is 0 Å². The smallest absolute Gasteiger partial charge is 0.0911 e. The molecule has 0 aliphatic rings. The summed E-state index contributed by atoms with van der Waals surface area (Å²) in [5, 5.41) is 10.7. The third kappa shape index (κ3) is 3.23.